The van der Waals surface area contributed by atoms with Crippen LogP contribution >= 0.6 is 0 Å². The molecule has 6 N–H and O–H groups in total. The molecule has 0 saturated heterocycles. The lowest BCUT2D eigenvalue weighted by molar-refractivity contribution is -0.137. The van der Waals surface area contributed by atoms with Gasteiger partial charge in [0.25, 0.3) is 5.91 Å². The molecule has 2 atom stereocenters. The Labute approximate surface area is 203 Å². The zero-order valence-corrected chi connectivity index (χ0v) is 20.3. The fraction of sp³-hybridized carbons (Fsp3) is 0.609. The van der Waals surface area contributed by atoms with E-state index in [1.54, 1.807) is 6.92 Å². The second-order valence-electron chi connectivity index (χ2n) is 8.38. The van der Waals surface area contributed by atoms with Gasteiger partial charge in [0, 0.05) is 19.2 Å². The maximum Gasteiger partial charge on any atom is 0.416 e. The molecule has 0 heterocycles. The lowest BCUT2D eigenvalue weighted by Crippen LogP contribution is -2.41. The number of anilines is 1. The van der Waals surface area contributed by atoms with Crippen LogP contribution in [0, 0.1) is 5.92 Å². The summed E-state index contributed by atoms with van der Waals surface area (Å²) in [6.07, 6.45) is -2.22. The molecule has 0 spiro atoms. The van der Waals surface area contributed by atoms with Crippen molar-refractivity contribution in [1.29, 1.82) is 0 Å². The van der Waals surface area contributed by atoms with Gasteiger partial charge in [-0.05, 0) is 63.9 Å². The van der Waals surface area contributed by atoms with Crippen molar-refractivity contribution in [2.24, 2.45) is 5.92 Å². The summed E-state index contributed by atoms with van der Waals surface area (Å²) in [6.45, 7) is 6.94. The highest BCUT2D eigenvalue weighted by atomic mass is 19.4. The molecular weight excluding hydrogens is 467 g/mol. The van der Waals surface area contributed by atoms with Gasteiger partial charge in [0.2, 0.25) is 5.91 Å². The molecule has 0 saturated carbocycles. The van der Waals surface area contributed by atoms with Crippen LogP contribution in [-0.2, 0) is 11.0 Å². The summed E-state index contributed by atoms with van der Waals surface area (Å²) in [5.41, 5.74) is -1.57. The van der Waals surface area contributed by atoms with E-state index in [1.165, 1.54) is 0 Å². The predicted molar refractivity (Wildman–Crippen MR) is 127 cm³/mol. The predicted octanol–water partition coefficient (Wildman–Crippen LogP) is 2.47. The number of carbonyl (C=O) groups is 3. The Morgan fingerprint density at radius 3 is 2.43 bits per heavy atom. The van der Waals surface area contributed by atoms with E-state index in [9.17, 15) is 27.6 Å². The SMILES string of the molecule is CCNC(=O)Nc1ccc(C(F)(F)F)cc1C(=O)NCC(=O)NC(C)CCCCNCC(C)CO. The van der Waals surface area contributed by atoms with E-state index in [4.69, 9.17) is 5.11 Å². The van der Waals surface area contributed by atoms with Crippen LogP contribution in [0.25, 0.3) is 0 Å². The molecule has 0 aromatic heterocycles. The van der Waals surface area contributed by atoms with Crippen LogP contribution in [-0.4, -0.2) is 61.8 Å². The second kappa shape index (κ2) is 15.2. The van der Waals surface area contributed by atoms with Crippen molar-refractivity contribution in [3.63, 3.8) is 0 Å². The van der Waals surface area contributed by atoms with Crippen molar-refractivity contribution in [2.75, 3.05) is 38.1 Å². The van der Waals surface area contributed by atoms with E-state index < -0.39 is 41.7 Å². The van der Waals surface area contributed by atoms with Crippen LogP contribution in [0.1, 0.15) is 56.0 Å². The highest BCUT2D eigenvalue weighted by Crippen LogP contribution is 2.31. The molecule has 1 rings (SSSR count). The summed E-state index contributed by atoms with van der Waals surface area (Å²) in [7, 11) is 0. The first-order valence-corrected chi connectivity index (χ1v) is 11.6. The van der Waals surface area contributed by atoms with Crippen molar-refractivity contribution >= 4 is 23.5 Å². The van der Waals surface area contributed by atoms with Gasteiger partial charge in [-0.3, -0.25) is 9.59 Å². The van der Waals surface area contributed by atoms with Crippen molar-refractivity contribution < 1.29 is 32.7 Å². The lowest BCUT2D eigenvalue weighted by Gasteiger charge is -2.16. The summed E-state index contributed by atoms with van der Waals surface area (Å²) >= 11 is 0. The Bertz CT molecular complexity index is 836. The molecule has 1 aromatic rings. The third-order valence-electron chi connectivity index (χ3n) is 5.04. The number of nitrogens with one attached hydrogen (secondary N) is 5. The third-order valence-corrected chi connectivity index (χ3v) is 5.04. The molecule has 35 heavy (non-hydrogen) atoms. The number of amides is 4. The molecule has 0 fully saturated rings. The minimum atomic E-state index is -4.68. The molecule has 1 aromatic carbocycles. The maximum absolute atomic E-state index is 13.1. The molecule has 12 heteroatoms. The summed E-state index contributed by atoms with van der Waals surface area (Å²) in [4.78, 5) is 36.5. The Hall–Kier alpha value is -2.86. The quantitative estimate of drug-likeness (QED) is 0.217. The number of aliphatic hydroxyl groups is 1. The molecule has 2 unspecified atom stereocenters. The fourth-order valence-corrected chi connectivity index (χ4v) is 3.11. The van der Waals surface area contributed by atoms with E-state index in [2.05, 4.69) is 26.6 Å². The van der Waals surface area contributed by atoms with Crippen molar-refractivity contribution in [3.05, 3.63) is 29.3 Å². The van der Waals surface area contributed by atoms with Gasteiger partial charge in [-0.2, -0.15) is 13.2 Å². The van der Waals surface area contributed by atoms with Crippen LogP contribution in [0.3, 0.4) is 0 Å². The minimum Gasteiger partial charge on any atom is -0.396 e. The van der Waals surface area contributed by atoms with Gasteiger partial charge in [0.15, 0.2) is 0 Å². The van der Waals surface area contributed by atoms with E-state index in [-0.39, 0.29) is 30.8 Å². The minimum absolute atomic E-state index is 0.114. The van der Waals surface area contributed by atoms with E-state index >= 15 is 0 Å². The topological polar surface area (TPSA) is 132 Å². The molecule has 0 aliphatic heterocycles. The van der Waals surface area contributed by atoms with Crippen LogP contribution in [0.4, 0.5) is 23.7 Å². The molecule has 0 bridgehead atoms. The first-order valence-electron chi connectivity index (χ1n) is 11.6. The number of urea groups is 1. The maximum atomic E-state index is 13.1. The third kappa shape index (κ3) is 11.9. The largest absolute Gasteiger partial charge is 0.416 e. The summed E-state index contributed by atoms with van der Waals surface area (Å²) in [5, 5.41) is 22.0. The van der Waals surface area contributed by atoms with Crippen LogP contribution in [0.5, 0.6) is 0 Å². The second-order valence-corrected chi connectivity index (χ2v) is 8.38. The van der Waals surface area contributed by atoms with Gasteiger partial charge in [0.05, 0.1) is 23.4 Å². The Morgan fingerprint density at radius 2 is 1.80 bits per heavy atom. The van der Waals surface area contributed by atoms with Crippen LogP contribution in [0.15, 0.2) is 18.2 Å². The summed E-state index contributed by atoms with van der Waals surface area (Å²) in [5.74, 6) is -1.21. The van der Waals surface area contributed by atoms with E-state index in [0.29, 0.717) is 12.5 Å². The highest BCUT2D eigenvalue weighted by Gasteiger charge is 2.32. The summed E-state index contributed by atoms with van der Waals surface area (Å²) in [6, 6.07) is 1.56. The molecule has 0 radical (unpaired) electrons. The number of benzene rings is 1. The first kappa shape index (κ1) is 30.2. The first-order chi connectivity index (χ1) is 16.5. The number of rotatable bonds is 14. The average Bonchev–Trinajstić information content (AvgIpc) is 2.79. The number of aliphatic hydroxyl groups excluding tert-OH is 1. The van der Waals surface area contributed by atoms with Gasteiger partial charge in [0.1, 0.15) is 0 Å². The monoisotopic (exact) mass is 503 g/mol. The molecule has 198 valence electrons. The Kier molecular flexibility index (Phi) is 13.1. The van der Waals surface area contributed by atoms with Gasteiger partial charge >= 0.3 is 12.2 Å². The number of carbonyl (C=O) groups excluding carboxylic acids is 3. The lowest BCUT2D eigenvalue weighted by atomic mass is 10.1. The number of unbranched alkanes of at least 4 members (excludes halogenated alkanes) is 1. The molecular formula is C23H36F3N5O4. The standard InChI is InChI=1S/C23H36F3N5O4/c1-4-28-22(35)31-19-9-8-17(23(24,25)26)11-18(19)21(34)29-13-20(33)30-16(3)7-5-6-10-27-12-15(2)14-32/h8-9,11,15-16,27,32H,4-7,10,12-14H2,1-3H3,(H,29,34)(H,30,33)(H2,28,31,35). The molecule has 9 nitrogen and oxygen atoms in total. The summed E-state index contributed by atoms with van der Waals surface area (Å²) < 4.78 is 39.3. The number of hydrogen-bond acceptors (Lipinski definition) is 5. The smallest absolute Gasteiger partial charge is 0.396 e. The van der Waals surface area contributed by atoms with E-state index in [1.807, 2.05) is 13.8 Å². The van der Waals surface area contributed by atoms with Crippen molar-refractivity contribution in [1.82, 2.24) is 21.3 Å². The number of halogens is 3. The van der Waals surface area contributed by atoms with E-state index in [0.717, 1.165) is 38.1 Å². The normalized spacial score (nSPS) is 13.0. The number of hydrogen-bond donors (Lipinski definition) is 6. The van der Waals surface area contributed by atoms with Gasteiger partial charge in [-0.15, -0.1) is 0 Å². The fourth-order valence-electron chi connectivity index (χ4n) is 3.11. The van der Waals surface area contributed by atoms with Crippen LogP contribution < -0.4 is 26.6 Å². The van der Waals surface area contributed by atoms with Crippen molar-refractivity contribution in [3.8, 4) is 0 Å². The molecule has 0 aliphatic rings. The number of alkyl halides is 3. The van der Waals surface area contributed by atoms with Crippen LogP contribution in [0.2, 0.25) is 0 Å². The zero-order chi connectivity index (χ0) is 26.4. The van der Waals surface area contributed by atoms with Gasteiger partial charge in [-0.25, -0.2) is 4.79 Å². The highest BCUT2D eigenvalue weighted by molar-refractivity contribution is 6.04. The molecule has 4 amide bonds. The Morgan fingerprint density at radius 1 is 1.09 bits per heavy atom. The van der Waals surface area contributed by atoms with Gasteiger partial charge in [-0.1, -0.05) is 13.3 Å². The van der Waals surface area contributed by atoms with Crippen molar-refractivity contribution in [2.45, 2.75) is 52.3 Å². The molecule has 0 aliphatic carbocycles. The average molecular weight is 504 g/mol. The van der Waals surface area contributed by atoms with Gasteiger partial charge < -0.3 is 31.7 Å². The zero-order valence-electron chi connectivity index (χ0n) is 20.3. The Balaban J connectivity index is 2.59.